The summed E-state index contributed by atoms with van der Waals surface area (Å²) in [4.78, 5) is 13.0. The molecule has 124 valence electrons. The summed E-state index contributed by atoms with van der Waals surface area (Å²) in [6.45, 7) is 5.68. The molecule has 3 rings (SSSR count). The van der Waals surface area contributed by atoms with E-state index in [1.165, 1.54) is 0 Å². The molecule has 5 heteroatoms. The topological polar surface area (TPSA) is 58.2 Å². The van der Waals surface area contributed by atoms with E-state index in [4.69, 9.17) is 4.74 Å². The van der Waals surface area contributed by atoms with Crippen LogP contribution < -0.4 is 15.0 Å². The van der Waals surface area contributed by atoms with E-state index in [0.29, 0.717) is 16.8 Å². The average molecular weight is 324 g/mol. The summed E-state index contributed by atoms with van der Waals surface area (Å²) in [7, 11) is 1.56. The molecule has 0 unspecified atom stereocenters. The zero-order valence-corrected chi connectivity index (χ0v) is 14.2. The van der Waals surface area contributed by atoms with Crippen molar-refractivity contribution in [3.8, 4) is 11.4 Å². The lowest BCUT2D eigenvalue weighted by Gasteiger charge is -2.15. The molecule has 24 heavy (non-hydrogen) atoms. The first-order valence-electron chi connectivity index (χ1n) is 7.87. The van der Waals surface area contributed by atoms with Crippen LogP contribution in [0.5, 0.6) is 5.75 Å². The van der Waals surface area contributed by atoms with Gasteiger partial charge in [0.2, 0.25) is 5.52 Å². The Balaban J connectivity index is 2.48. The van der Waals surface area contributed by atoms with Gasteiger partial charge >= 0.3 is 5.56 Å². The standard InChI is InChI=1S/C19H20N2O3/c1-12(2)18-19(22)20(14-7-5-13(3)6-8-14)17-11-15(24-4)9-10-16(17)21(18)23/h5-12H,1-4H3. The second-order valence-corrected chi connectivity index (χ2v) is 6.17. The Bertz CT molecular complexity index is 957. The van der Waals surface area contributed by atoms with Gasteiger partial charge in [-0.3, -0.25) is 9.36 Å². The predicted octanol–water partition coefficient (Wildman–Crippen LogP) is 3.06. The van der Waals surface area contributed by atoms with Crippen molar-refractivity contribution in [2.45, 2.75) is 26.7 Å². The number of ether oxygens (including phenoxy) is 1. The lowest BCUT2D eigenvalue weighted by Crippen LogP contribution is -2.44. The molecule has 5 nitrogen and oxygen atoms in total. The molecule has 0 bridgehead atoms. The fourth-order valence-corrected chi connectivity index (χ4v) is 2.85. The SMILES string of the molecule is COc1ccc2c(c1)n(-c1ccc(C)cc1)c(=O)c(C(C)C)[n+]2[O-]. The number of aryl methyl sites for hydroxylation is 1. The number of hydrogen-bond acceptors (Lipinski definition) is 3. The van der Waals surface area contributed by atoms with E-state index in [9.17, 15) is 10.0 Å². The second kappa shape index (κ2) is 6.00. The smallest absolute Gasteiger partial charge is 0.324 e. The number of methoxy groups -OCH3 is 1. The van der Waals surface area contributed by atoms with Crippen molar-refractivity contribution in [3.63, 3.8) is 0 Å². The van der Waals surface area contributed by atoms with Gasteiger partial charge in [-0.1, -0.05) is 31.5 Å². The summed E-state index contributed by atoms with van der Waals surface area (Å²) in [5.74, 6) is 0.415. The van der Waals surface area contributed by atoms with Crippen molar-refractivity contribution >= 4 is 11.0 Å². The van der Waals surface area contributed by atoms with Gasteiger partial charge in [0.15, 0.2) is 0 Å². The van der Waals surface area contributed by atoms with Crippen LogP contribution in [0.2, 0.25) is 0 Å². The van der Waals surface area contributed by atoms with Crippen LogP contribution in [-0.4, -0.2) is 11.7 Å². The highest BCUT2D eigenvalue weighted by molar-refractivity contribution is 5.76. The third kappa shape index (κ3) is 2.52. The van der Waals surface area contributed by atoms with Crippen LogP contribution in [0, 0.1) is 12.1 Å². The minimum absolute atomic E-state index is 0.182. The van der Waals surface area contributed by atoms with Crippen LogP contribution in [0.3, 0.4) is 0 Å². The summed E-state index contributed by atoms with van der Waals surface area (Å²) in [5, 5.41) is 12.7. The zero-order valence-electron chi connectivity index (χ0n) is 14.2. The maximum Gasteiger partial charge on any atom is 0.324 e. The molecule has 3 aromatic rings. The first kappa shape index (κ1) is 16.1. The maximum atomic E-state index is 13.0. The Morgan fingerprint density at radius 1 is 1.12 bits per heavy atom. The molecule has 1 heterocycles. The van der Waals surface area contributed by atoms with Gasteiger partial charge in [-0.05, 0) is 25.1 Å². The van der Waals surface area contributed by atoms with Gasteiger partial charge in [0, 0.05) is 23.7 Å². The molecule has 0 aliphatic heterocycles. The van der Waals surface area contributed by atoms with E-state index in [2.05, 4.69) is 0 Å². The third-order valence-corrected chi connectivity index (χ3v) is 4.12. The fraction of sp³-hybridized carbons (Fsp3) is 0.263. The Hall–Kier alpha value is -2.82. The van der Waals surface area contributed by atoms with E-state index in [1.807, 2.05) is 45.0 Å². The number of rotatable bonds is 3. The molecule has 0 aliphatic carbocycles. The molecule has 0 saturated heterocycles. The lowest BCUT2D eigenvalue weighted by molar-refractivity contribution is -0.588. The molecule has 2 aromatic carbocycles. The second-order valence-electron chi connectivity index (χ2n) is 6.17. The Morgan fingerprint density at radius 2 is 1.79 bits per heavy atom. The Kier molecular flexibility index (Phi) is 4.01. The molecule has 0 amide bonds. The van der Waals surface area contributed by atoms with Crippen molar-refractivity contribution < 1.29 is 9.47 Å². The Morgan fingerprint density at radius 3 is 2.38 bits per heavy atom. The van der Waals surface area contributed by atoms with Crippen molar-refractivity contribution in [3.05, 3.63) is 69.3 Å². The molecule has 1 aromatic heterocycles. The summed E-state index contributed by atoms with van der Waals surface area (Å²) in [6, 6.07) is 12.8. The van der Waals surface area contributed by atoms with Gasteiger partial charge in [0.05, 0.1) is 7.11 Å². The van der Waals surface area contributed by atoms with Gasteiger partial charge in [0.25, 0.3) is 5.69 Å². The normalized spacial score (nSPS) is 11.2. The number of benzene rings is 2. The van der Waals surface area contributed by atoms with Crippen LogP contribution in [0.15, 0.2) is 47.3 Å². The summed E-state index contributed by atoms with van der Waals surface area (Å²) >= 11 is 0. The molecule has 0 N–H and O–H groups in total. The monoisotopic (exact) mass is 324 g/mol. The average Bonchev–Trinajstić information content (AvgIpc) is 2.55. The molecule has 0 atom stereocenters. The van der Waals surface area contributed by atoms with Crippen molar-refractivity contribution in [1.82, 2.24) is 4.57 Å². The molecule has 0 spiro atoms. The first-order chi connectivity index (χ1) is 11.4. The molecule has 0 aliphatic rings. The molecule has 0 saturated carbocycles. The van der Waals surface area contributed by atoms with Crippen LogP contribution in [0.25, 0.3) is 16.7 Å². The van der Waals surface area contributed by atoms with Gasteiger partial charge in [0.1, 0.15) is 11.3 Å². The van der Waals surface area contributed by atoms with Gasteiger partial charge in [-0.15, -0.1) is 0 Å². The third-order valence-electron chi connectivity index (χ3n) is 4.12. The minimum Gasteiger partial charge on any atom is -0.618 e. The predicted molar refractivity (Wildman–Crippen MR) is 93.9 cm³/mol. The maximum absolute atomic E-state index is 13.0. The van der Waals surface area contributed by atoms with E-state index >= 15 is 0 Å². The molecule has 0 fully saturated rings. The highest BCUT2D eigenvalue weighted by atomic mass is 16.5. The number of nitrogens with zero attached hydrogens (tertiary/aromatic N) is 2. The van der Waals surface area contributed by atoms with Crippen LogP contribution in [-0.2, 0) is 0 Å². The van der Waals surface area contributed by atoms with Crippen molar-refractivity contribution in [1.29, 1.82) is 0 Å². The quantitative estimate of drug-likeness (QED) is 0.549. The van der Waals surface area contributed by atoms with Crippen molar-refractivity contribution in [2.75, 3.05) is 7.11 Å². The van der Waals surface area contributed by atoms with E-state index in [1.54, 1.807) is 29.9 Å². The van der Waals surface area contributed by atoms with Crippen molar-refractivity contribution in [2.24, 2.45) is 0 Å². The molecule has 0 radical (unpaired) electrons. The van der Waals surface area contributed by atoms with Gasteiger partial charge in [-0.25, -0.2) is 0 Å². The van der Waals surface area contributed by atoms with Crippen LogP contribution >= 0.6 is 0 Å². The first-order valence-corrected chi connectivity index (χ1v) is 7.87. The number of hydrogen-bond donors (Lipinski definition) is 0. The zero-order chi connectivity index (χ0) is 17.4. The van der Waals surface area contributed by atoms with E-state index in [-0.39, 0.29) is 17.2 Å². The largest absolute Gasteiger partial charge is 0.618 e. The lowest BCUT2D eigenvalue weighted by atomic mass is 10.1. The fourth-order valence-electron chi connectivity index (χ4n) is 2.85. The van der Waals surface area contributed by atoms with Gasteiger partial charge < -0.3 is 9.94 Å². The van der Waals surface area contributed by atoms with Gasteiger partial charge in [-0.2, -0.15) is 4.73 Å². The summed E-state index contributed by atoms with van der Waals surface area (Å²) in [5.41, 5.74) is 2.74. The van der Waals surface area contributed by atoms with E-state index in [0.717, 1.165) is 16.0 Å². The van der Waals surface area contributed by atoms with E-state index < -0.39 is 0 Å². The van der Waals surface area contributed by atoms with Crippen LogP contribution in [0.1, 0.15) is 31.0 Å². The molecular formula is C19H20N2O3. The molecular weight excluding hydrogens is 304 g/mol. The Labute approximate surface area is 140 Å². The minimum atomic E-state index is -0.301. The summed E-state index contributed by atoms with van der Waals surface area (Å²) in [6.07, 6.45) is 0. The number of fused-ring (bicyclic) bond motifs is 1. The highest BCUT2D eigenvalue weighted by Gasteiger charge is 2.24. The highest BCUT2D eigenvalue weighted by Crippen LogP contribution is 2.22. The van der Waals surface area contributed by atoms with Crippen LogP contribution in [0.4, 0.5) is 0 Å². The number of aromatic nitrogens is 2. The summed E-state index contributed by atoms with van der Waals surface area (Å²) < 4.78 is 7.59.